The third-order valence-corrected chi connectivity index (χ3v) is 8.35. The molecule has 2 N–H and O–H groups in total. The topological polar surface area (TPSA) is 35.2 Å². The zero-order valence-corrected chi connectivity index (χ0v) is 12.8. The smallest absolute Gasteiger partial charge is 0.286 e. The summed E-state index contributed by atoms with van der Waals surface area (Å²) in [5.41, 5.74) is 0. The number of nitrogens with two attached hydrogens (primary N) is 1. The number of hydrogen-bond donors (Lipinski definition) is 1. The van der Waals surface area contributed by atoms with Gasteiger partial charge < -0.3 is 4.53 Å². The van der Waals surface area contributed by atoms with Crippen LogP contribution >= 0.6 is 0 Å². The molecule has 0 atom stereocenters. The summed E-state index contributed by atoms with van der Waals surface area (Å²) < 4.78 is 5.71. The fourth-order valence-electron chi connectivity index (χ4n) is 2.69. The Kier molecular flexibility index (Phi) is 3.90. The zero-order chi connectivity index (χ0) is 13.9. The van der Waals surface area contributed by atoms with Crippen molar-refractivity contribution in [2.45, 2.75) is 25.8 Å². The SMILES string of the molecule is CC(C)(C)[Si](ON)(c1ccccc1)c1ccccc1. The first kappa shape index (κ1) is 14.0. The van der Waals surface area contributed by atoms with Crippen molar-refractivity contribution < 1.29 is 4.53 Å². The Morgan fingerprint density at radius 3 is 1.42 bits per heavy atom. The van der Waals surface area contributed by atoms with E-state index >= 15 is 0 Å². The average Bonchev–Trinajstić information content (AvgIpc) is 2.41. The van der Waals surface area contributed by atoms with Crippen molar-refractivity contribution in [2.75, 3.05) is 0 Å². The van der Waals surface area contributed by atoms with Gasteiger partial charge in [0.25, 0.3) is 8.32 Å². The highest BCUT2D eigenvalue weighted by Gasteiger charge is 2.50. The third-order valence-electron chi connectivity index (χ3n) is 3.59. The van der Waals surface area contributed by atoms with Crippen molar-refractivity contribution >= 4 is 18.7 Å². The third kappa shape index (κ3) is 2.37. The van der Waals surface area contributed by atoms with Crippen LogP contribution < -0.4 is 16.3 Å². The van der Waals surface area contributed by atoms with E-state index in [1.54, 1.807) is 0 Å². The van der Waals surface area contributed by atoms with Crippen LogP contribution in [0.5, 0.6) is 0 Å². The van der Waals surface area contributed by atoms with Gasteiger partial charge in [0, 0.05) is 0 Å². The molecule has 0 aliphatic heterocycles. The lowest BCUT2D eigenvalue weighted by Gasteiger charge is -2.40. The second-order valence-electron chi connectivity index (χ2n) is 5.78. The molecule has 0 amide bonds. The molecule has 0 aromatic heterocycles. The second-order valence-corrected chi connectivity index (χ2v) is 10.0. The van der Waals surface area contributed by atoms with E-state index in [0.29, 0.717) is 0 Å². The fourth-order valence-corrected chi connectivity index (χ4v) is 6.71. The first-order valence-corrected chi connectivity index (χ1v) is 8.42. The van der Waals surface area contributed by atoms with E-state index in [4.69, 9.17) is 10.4 Å². The van der Waals surface area contributed by atoms with Crippen molar-refractivity contribution in [3.63, 3.8) is 0 Å². The largest absolute Gasteiger partial charge is 0.336 e. The van der Waals surface area contributed by atoms with Gasteiger partial charge in [0.2, 0.25) is 0 Å². The molecule has 3 heteroatoms. The van der Waals surface area contributed by atoms with Gasteiger partial charge in [-0.1, -0.05) is 81.4 Å². The summed E-state index contributed by atoms with van der Waals surface area (Å²) in [6, 6.07) is 20.7. The zero-order valence-electron chi connectivity index (χ0n) is 11.8. The van der Waals surface area contributed by atoms with E-state index in [2.05, 4.69) is 45.0 Å². The molecule has 0 saturated heterocycles. The monoisotopic (exact) mass is 271 g/mol. The van der Waals surface area contributed by atoms with E-state index in [1.807, 2.05) is 36.4 Å². The lowest BCUT2D eigenvalue weighted by atomic mass is 10.2. The molecule has 0 bridgehead atoms. The molecule has 2 rings (SSSR count). The Morgan fingerprint density at radius 1 is 0.789 bits per heavy atom. The minimum atomic E-state index is -2.45. The number of benzene rings is 2. The van der Waals surface area contributed by atoms with Crippen molar-refractivity contribution in [2.24, 2.45) is 5.90 Å². The molecule has 0 saturated carbocycles. The predicted octanol–water partition coefficient (Wildman–Crippen LogP) is 2.44. The molecular weight excluding hydrogens is 250 g/mol. The second kappa shape index (κ2) is 5.29. The molecule has 0 aliphatic carbocycles. The minimum absolute atomic E-state index is 0.0372. The highest BCUT2D eigenvalue weighted by atomic mass is 28.4. The highest BCUT2D eigenvalue weighted by molar-refractivity contribution is 6.99. The van der Waals surface area contributed by atoms with Crippen LogP contribution in [-0.2, 0) is 4.53 Å². The van der Waals surface area contributed by atoms with Gasteiger partial charge in [-0.25, -0.2) is 5.90 Å². The Morgan fingerprint density at radius 2 is 1.16 bits per heavy atom. The van der Waals surface area contributed by atoms with Gasteiger partial charge in [0.15, 0.2) is 0 Å². The molecule has 0 spiro atoms. The lowest BCUT2D eigenvalue weighted by molar-refractivity contribution is 0.312. The van der Waals surface area contributed by atoms with Crippen LogP contribution in [0.4, 0.5) is 0 Å². The molecule has 0 heterocycles. The Bertz CT molecular complexity index is 480. The van der Waals surface area contributed by atoms with E-state index in [9.17, 15) is 0 Å². The van der Waals surface area contributed by atoms with Gasteiger partial charge in [-0.15, -0.1) is 0 Å². The summed E-state index contributed by atoms with van der Waals surface area (Å²) in [7, 11) is -2.45. The van der Waals surface area contributed by atoms with E-state index in [-0.39, 0.29) is 5.04 Å². The molecule has 19 heavy (non-hydrogen) atoms. The number of hydrogen-bond acceptors (Lipinski definition) is 2. The molecule has 0 fully saturated rings. The summed E-state index contributed by atoms with van der Waals surface area (Å²) in [6.45, 7) is 6.60. The molecule has 0 radical (unpaired) electrons. The normalized spacial score (nSPS) is 12.4. The maximum atomic E-state index is 5.82. The molecule has 100 valence electrons. The van der Waals surface area contributed by atoms with Crippen LogP contribution in [0.15, 0.2) is 60.7 Å². The Balaban J connectivity index is 2.70. The Hall–Kier alpha value is -1.42. The summed E-state index contributed by atoms with van der Waals surface area (Å²) in [6.07, 6.45) is 0. The molecule has 2 aromatic carbocycles. The molecule has 2 nitrogen and oxygen atoms in total. The van der Waals surface area contributed by atoms with E-state index < -0.39 is 8.32 Å². The lowest BCUT2D eigenvalue weighted by Crippen LogP contribution is -2.67. The van der Waals surface area contributed by atoms with Crippen LogP contribution in [0.25, 0.3) is 0 Å². The maximum Gasteiger partial charge on any atom is 0.286 e. The Labute approximate surface area is 116 Å². The van der Waals surface area contributed by atoms with Crippen LogP contribution in [0, 0.1) is 0 Å². The predicted molar refractivity (Wildman–Crippen MR) is 82.9 cm³/mol. The van der Waals surface area contributed by atoms with Crippen molar-refractivity contribution in [3.05, 3.63) is 60.7 Å². The first-order valence-electron chi connectivity index (χ1n) is 6.51. The van der Waals surface area contributed by atoms with Crippen molar-refractivity contribution in [1.29, 1.82) is 0 Å². The first-order chi connectivity index (χ1) is 9.02. The summed E-state index contributed by atoms with van der Waals surface area (Å²) >= 11 is 0. The van der Waals surface area contributed by atoms with Gasteiger partial charge in [-0.05, 0) is 15.4 Å². The number of rotatable bonds is 3. The van der Waals surface area contributed by atoms with Crippen LogP contribution in [0.1, 0.15) is 20.8 Å². The van der Waals surface area contributed by atoms with E-state index in [0.717, 1.165) is 0 Å². The van der Waals surface area contributed by atoms with Crippen LogP contribution in [0.2, 0.25) is 5.04 Å². The standard InChI is InChI=1S/C16H21NOSi/c1-16(2,3)19(18-17,14-10-6-4-7-11-14)15-12-8-5-9-13-15/h4-13H,17H2,1-3H3. The molecular formula is C16H21NOSi. The van der Waals surface area contributed by atoms with E-state index in [1.165, 1.54) is 10.4 Å². The van der Waals surface area contributed by atoms with Gasteiger partial charge in [0.05, 0.1) is 0 Å². The van der Waals surface area contributed by atoms with Crippen molar-refractivity contribution in [1.82, 2.24) is 0 Å². The highest BCUT2D eigenvalue weighted by Crippen LogP contribution is 2.35. The molecule has 2 aromatic rings. The summed E-state index contributed by atoms with van der Waals surface area (Å²) in [5.74, 6) is 5.82. The van der Waals surface area contributed by atoms with Gasteiger partial charge >= 0.3 is 0 Å². The van der Waals surface area contributed by atoms with Gasteiger partial charge in [-0.2, -0.15) is 0 Å². The summed E-state index contributed by atoms with van der Waals surface area (Å²) in [5, 5.41) is 2.37. The van der Waals surface area contributed by atoms with Gasteiger partial charge in [0.1, 0.15) is 0 Å². The molecule has 0 unspecified atom stereocenters. The van der Waals surface area contributed by atoms with Crippen LogP contribution in [-0.4, -0.2) is 8.32 Å². The molecule has 0 aliphatic rings. The summed E-state index contributed by atoms with van der Waals surface area (Å²) in [4.78, 5) is 0. The quantitative estimate of drug-likeness (QED) is 0.687. The van der Waals surface area contributed by atoms with Crippen LogP contribution in [0.3, 0.4) is 0 Å². The average molecular weight is 271 g/mol. The van der Waals surface area contributed by atoms with Gasteiger partial charge in [-0.3, -0.25) is 0 Å². The van der Waals surface area contributed by atoms with Crippen molar-refractivity contribution in [3.8, 4) is 0 Å². The fraction of sp³-hybridized carbons (Fsp3) is 0.250. The maximum absolute atomic E-state index is 5.82. The minimum Gasteiger partial charge on any atom is -0.336 e.